The molecule has 1 aliphatic rings. The van der Waals surface area contributed by atoms with Gasteiger partial charge in [-0.15, -0.1) is 0 Å². The minimum absolute atomic E-state index is 0.0324. The van der Waals surface area contributed by atoms with Gasteiger partial charge < -0.3 is 84.9 Å². The molecular formula is C106H162N20O23. The summed E-state index contributed by atoms with van der Waals surface area (Å²) in [4.78, 5) is 282. The van der Waals surface area contributed by atoms with Crippen LogP contribution in [-0.2, 0) is 115 Å². The predicted octanol–water partition coefficient (Wildman–Crippen LogP) is 1.46. The van der Waals surface area contributed by atoms with Crippen molar-refractivity contribution in [2.24, 2.45) is 23.3 Å². The Morgan fingerprint density at radius 3 is 1.69 bits per heavy atom. The highest BCUT2D eigenvalue weighted by Gasteiger charge is 2.45. The molecule has 25 N–H and O–H groups in total. The number of fused-ring (bicyclic) bond motifs is 1. The molecule has 0 fully saturated rings. The van der Waals surface area contributed by atoms with Gasteiger partial charge in [0.2, 0.25) is 70.4 Å². The van der Waals surface area contributed by atoms with Crippen LogP contribution in [0.1, 0.15) is 249 Å². The third-order valence-corrected chi connectivity index (χ3v) is 26.4. The molecule has 0 bridgehead atoms. The molecule has 0 saturated carbocycles. The van der Waals surface area contributed by atoms with Crippen molar-refractivity contribution in [2.75, 3.05) is 39.4 Å². The van der Waals surface area contributed by atoms with E-state index in [1.165, 1.54) is 65.8 Å². The van der Waals surface area contributed by atoms with E-state index < -0.39 is 227 Å². The number of hydrogen-bond donors (Lipinski definition) is 23. The Labute approximate surface area is 872 Å². The topological polar surface area (TPSA) is 674 Å². The van der Waals surface area contributed by atoms with Crippen LogP contribution in [0.3, 0.4) is 0 Å². The number of nitrogens with one attached hydrogen (secondary N) is 18. The number of aliphatic carboxylic acids is 1. The van der Waals surface area contributed by atoms with Crippen molar-refractivity contribution < 1.29 is 111 Å². The zero-order chi connectivity index (χ0) is 111. The minimum atomic E-state index is -2.09. The smallest absolute Gasteiger partial charge is 0.303 e. The third-order valence-electron chi connectivity index (χ3n) is 26.4. The molecule has 17 atom stereocenters. The van der Waals surface area contributed by atoms with Crippen LogP contribution < -0.4 is 102 Å². The Morgan fingerprint density at radius 2 is 1.11 bits per heavy atom. The number of aliphatic hydroxyl groups is 1. The molecule has 149 heavy (non-hydrogen) atoms. The molecule has 43 heteroatoms. The quantitative estimate of drug-likeness (QED) is 0.0129. The van der Waals surface area contributed by atoms with Gasteiger partial charge in [0.05, 0.1) is 96.6 Å². The second-order valence-corrected chi connectivity index (χ2v) is 40.7. The number of hydrazine groups is 2. The Morgan fingerprint density at radius 1 is 0.544 bits per heavy atom. The summed E-state index contributed by atoms with van der Waals surface area (Å²) < 4.78 is 0. The van der Waals surface area contributed by atoms with E-state index in [4.69, 9.17) is 11.5 Å². The number of carboxylic acids is 1. The SMILES string of the molecule is CC(=O)N[C@@H](CC(C)C)C(=O)N[C@H](C(=O)C(=O)[C@H](Cc1ccccc1)NN[C@]1(C)CCCCCC/C=C/CCC[C@@](C)(C(=O)CN[C@@H](C)C(=O)CCN[C@@H](C)C(=O)CCN[C@@H](C)C(=O)CCN[C@@H](C)C(=O)CNC(C)(C)C(=O)N[C@H](C)C(N)=O)NC(=O)[C@H](CC(C)C)NC(=O)[C@H](CCC(N)=O)NCN[C@@H](C)C(=O)CC(=O)[C@H](Cc2c[nH]c3ccccc23)NN[C@@H](Cc2ccc(O)cc2)C(=O)N[C@@H](CCC(=O)O)C(=O)C1=O)[C@@H](C)O. The molecule has 0 aliphatic carbocycles. The summed E-state index contributed by atoms with van der Waals surface area (Å²) in [5.41, 5.74) is 19.8. The number of para-hydroxylation sites is 1. The lowest BCUT2D eigenvalue weighted by Crippen LogP contribution is -2.65. The third kappa shape index (κ3) is 44.9. The highest BCUT2D eigenvalue weighted by Crippen LogP contribution is 2.26. The fourth-order valence-corrected chi connectivity index (χ4v) is 16.5. The molecule has 0 spiro atoms. The number of amides is 8. The molecule has 43 nitrogen and oxygen atoms in total. The maximum Gasteiger partial charge on any atom is 0.303 e. The van der Waals surface area contributed by atoms with Crippen molar-refractivity contribution in [2.45, 2.75) is 359 Å². The molecule has 4 aromatic rings. The van der Waals surface area contributed by atoms with E-state index in [1.807, 2.05) is 26.0 Å². The van der Waals surface area contributed by atoms with Gasteiger partial charge in [-0.25, -0.2) is 21.7 Å². The number of carboxylic acid groups (broad SMARTS) is 1. The Bertz CT molecular complexity index is 5220. The molecule has 5 rings (SSSR count). The van der Waals surface area contributed by atoms with Gasteiger partial charge in [-0.05, 0) is 206 Å². The van der Waals surface area contributed by atoms with Gasteiger partial charge >= 0.3 is 5.97 Å². The molecule has 3 aromatic carbocycles. The summed E-state index contributed by atoms with van der Waals surface area (Å²) in [7, 11) is 0. The summed E-state index contributed by atoms with van der Waals surface area (Å²) in [6.45, 7) is 24.4. The van der Waals surface area contributed by atoms with E-state index >= 15 is 19.2 Å². The van der Waals surface area contributed by atoms with Crippen molar-refractivity contribution in [1.82, 2.24) is 95.8 Å². The van der Waals surface area contributed by atoms with E-state index in [-0.39, 0.29) is 157 Å². The first kappa shape index (κ1) is 127. The predicted molar refractivity (Wildman–Crippen MR) is 559 cm³/mol. The van der Waals surface area contributed by atoms with Crippen LogP contribution in [0.25, 0.3) is 10.9 Å². The number of nitrogens with two attached hydrogens (primary N) is 2. The van der Waals surface area contributed by atoms with E-state index in [0.29, 0.717) is 66.1 Å². The fourth-order valence-electron chi connectivity index (χ4n) is 16.5. The largest absolute Gasteiger partial charge is 0.508 e. The lowest BCUT2D eigenvalue weighted by Gasteiger charge is -2.33. The number of phenolic OH excluding ortho intramolecular Hbond substituents is 1. The average molecular weight is 2080 g/mol. The van der Waals surface area contributed by atoms with Crippen molar-refractivity contribution in [3.05, 3.63) is 114 Å². The zero-order valence-corrected chi connectivity index (χ0v) is 89.0. The zero-order valence-electron chi connectivity index (χ0n) is 89.0. The molecule has 2 heterocycles. The van der Waals surface area contributed by atoms with Crippen molar-refractivity contribution in [3.63, 3.8) is 0 Å². The van der Waals surface area contributed by atoms with E-state index in [0.717, 1.165) is 0 Å². The van der Waals surface area contributed by atoms with Gasteiger partial charge in [-0.2, -0.15) is 0 Å². The van der Waals surface area contributed by atoms with Crippen LogP contribution >= 0.6 is 0 Å². The number of aromatic hydroxyl groups is 1. The second-order valence-electron chi connectivity index (χ2n) is 40.7. The minimum Gasteiger partial charge on any atom is -0.508 e. The number of benzene rings is 3. The number of Topliss-reactive ketones (excluding diaryl/α,β-unsaturated/α-hetero) is 11. The van der Waals surface area contributed by atoms with Crippen LogP contribution in [0, 0.1) is 11.8 Å². The van der Waals surface area contributed by atoms with Crippen LogP contribution in [0.2, 0.25) is 0 Å². The number of allylic oxidation sites excluding steroid dienone is 2. The summed E-state index contributed by atoms with van der Waals surface area (Å²) >= 11 is 0. The van der Waals surface area contributed by atoms with Gasteiger partial charge in [0.25, 0.3) is 0 Å². The number of aromatic nitrogens is 1. The number of hydrogen-bond acceptors (Lipinski definition) is 33. The maximum atomic E-state index is 15.7. The number of carbonyl (C=O) groups is 20. The number of aromatic amines is 1. The average Bonchev–Trinajstić information content (AvgIpc) is 1.36. The first-order valence-electron chi connectivity index (χ1n) is 51.5. The first-order valence-corrected chi connectivity index (χ1v) is 51.5. The summed E-state index contributed by atoms with van der Waals surface area (Å²) in [5, 5.41) is 69.4. The van der Waals surface area contributed by atoms with E-state index in [2.05, 4.69) is 95.8 Å². The van der Waals surface area contributed by atoms with Gasteiger partial charge in [0.15, 0.2) is 40.5 Å². The molecule has 0 unspecified atom stereocenters. The van der Waals surface area contributed by atoms with Crippen LogP contribution in [0.5, 0.6) is 5.75 Å². The standard InChI is InChI=1S/C106H162N20O23/c1-61(2)51-81(118-70(12)128)100(146)121-93(69(11)127)96(142)94(140)80(53-71-31-25-24-26-32-71)125-126-106(16)47-30-23-21-19-17-18-20-22-29-46-105(15,90(136)59-112-65(7)86(132)45-49-110-63(5)84(130)43-48-109-64(6)85(131)44-50-111-67(9)89(135)58-116-104(13,14)103(149)117-68(10)98(108)144)122-102(148)82(52-62(3)4)120-99(145)78(39-41-91(107)137)115-60-114-66(8)87(133)56-88(134)79(55-73-57-113-76-34-28-27-33-75(73)76)123-124-83(54-72-35-37-74(129)38-36-72)101(147)119-77(40-42-92(138)139)95(141)97(106)143/h18,20,24-28,31-38,57,61-69,77-83,93,109-116,123-127,129H,17,19,21-23,29-30,39-56,58-60H2,1-16H3,(H2,107,137)(H2,108,144)(H,117,149)(H,118,128)(H,119,147)(H,120,145)(H,121,146)(H,122,148)(H,138,139)/b20-18+/t63-,64-,65-,66-,67-,68+,69+,77-,78-,79-,80-,81-,82-,83-,93-,105-,106+/m0/s1. The van der Waals surface area contributed by atoms with Gasteiger partial charge in [-0.1, -0.05) is 120 Å². The Balaban J connectivity index is 1.46. The molecule has 0 radical (unpaired) electrons. The molecule has 824 valence electrons. The maximum absolute atomic E-state index is 15.7. The van der Waals surface area contributed by atoms with Gasteiger partial charge in [0, 0.05) is 82.4 Å². The number of primary amides is 2. The summed E-state index contributed by atoms with van der Waals surface area (Å²) in [6, 6.07) is 4.09. The number of carbonyl (C=O) groups excluding carboxylic acids is 19. The monoisotopic (exact) mass is 2080 g/mol. The van der Waals surface area contributed by atoms with Gasteiger partial charge in [-0.3, -0.25) is 112 Å². The van der Waals surface area contributed by atoms with Crippen LogP contribution in [0.4, 0.5) is 0 Å². The van der Waals surface area contributed by atoms with E-state index in [1.54, 1.807) is 116 Å². The molecule has 8 amide bonds. The molecule has 0 saturated heterocycles. The normalized spacial score (nSPS) is 21.6. The lowest BCUT2D eigenvalue weighted by atomic mass is 9.85. The van der Waals surface area contributed by atoms with Crippen LogP contribution in [-0.4, -0.2) is 284 Å². The number of rotatable bonds is 52. The molecule has 1 aliphatic heterocycles. The number of aliphatic hydroxyl groups excluding tert-OH is 1. The summed E-state index contributed by atoms with van der Waals surface area (Å²) in [5.74, 6) is -15.9. The second kappa shape index (κ2) is 63.8. The van der Waals surface area contributed by atoms with Gasteiger partial charge in [0.1, 0.15) is 36.0 Å². The molecule has 1 aromatic heterocycles. The van der Waals surface area contributed by atoms with Crippen molar-refractivity contribution in [1.29, 1.82) is 0 Å². The summed E-state index contributed by atoms with van der Waals surface area (Å²) in [6.07, 6.45) is 3.19. The van der Waals surface area contributed by atoms with Crippen molar-refractivity contribution >= 4 is 128 Å². The fraction of sp³-hybridized carbons (Fsp3) is 0.604. The number of H-pyrrole nitrogens is 1. The van der Waals surface area contributed by atoms with E-state index in [9.17, 15) is 92.0 Å². The highest BCUT2D eigenvalue weighted by molar-refractivity contribution is 6.43. The first-order chi connectivity index (χ1) is 70.1. The Kier molecular flexibility index (Phi) is 54.5. The van der Waals surface area contributed by atoms with Crippen LogP contribution in [0.15, 0.2) is 97.2 Å². The number of ketones is 11. The number of phenols is 1. The molecular weight excluding hydrogens is 1920 g/mol. The van der Waals surface area contributed by atoms with Crippen molar-refractivity contribution in [3.8, 4) is 5.75 Å². The Hall–Kier alpha value is -12.1. The highest BCUT2D eigenvalue weighted by atomic mass is 16.4. The lowest BCUT2D eigenvalue weighted by molar-refractivity contribution is -0.144.